The van der Waals surface area contributed by atoms with Crippen LogP contribution in [-0.2, 0) is 0 Å². The molecule has 2 heterocycles. The molecule has 0 saturated heterocycles. The van der Waals surface area contributed by atoms with Crippen molar-refractivity contribution >= 4 is 17.6 Å². The summed E-state index contributed by atoms with van der Waals surface area (Å²) in [5, 5.41) is 6.70. The van der Waals surface area contributed by atoms with Crippen molar-refractivity contribution < 1.29 is 18.9 Å². The lowest BCUT2D eigenvalue weighted by molar-refractivity contribution is 0.171. The van der Waals surface area contributed by atoms with Gasteiger partial charge in [-0.2, -0.15) is 5.10 Å². The Hall–Kier alpha value is -3.26. The minimum Gasteiger partial charge on any atom is -0.493 e. The van der Waals surface area contributed by atoms with E-state index in [0.29, 0.717) is 24.7 Å². The Morgan fingerprint density at radius 3 is 2.66 bits per heavy atom. The Bertz CT molecular complexity index is 1120. The monoisotopic (exact) mass is 411 g/mol. The van der Waals surface area contributed by atoms with Crippen molar-refractivity contribution in [3.8, 4) is 34.3 Å². The molecule has 0 atom stereocenters. The molecule has 0 aliphatic carbocycles. The fourth-order valence-corrected chi connectivity index (χ4v) is 3.90. The highest BCUT2D eigenvalue weighted by molar-refractivity contribution is 7.07. The largest absolute Gasteiger partial charge is 0.493 e. The summed E-state index contributed by atoms with van der Waals surface area (Å²) in [6.45, 7) is 1.11. The molecule has 0 bridgehead atoms. The average molecular weight is 411 g/mol. The van der Waals surface area contributed by atoms with E-state index < -0.39 is 0 Å². The van der Waals surface area contributed by atoms with E-state index in [2.05, 4.69) is 10.1 Å². The van der Waals surface area contributed by atoms with Crippen molar-refractivity contribution in [2.24, 2.45) is 10.1 Å². The quantitative estimate of drug-likeness (QED) is 0.604. The van der Waals surface area contributed by atoms with Crippen molar-refractivity contribution in [2.45, 2.75) is 0 Å². The highest BCUT2D eigenvalue weighted by Gasteiger charge is 2.15. The van der Waals surface area contributed by atoms with Crippen molar-refractivity contribution in [3.63, 3.8) is 0 Å². The molecule has 0 spiro atoms. The molecule has 0 radical (unpaired) electrons. The van der Waals surface area contributed by atoms with E-state index in [4.69, 9.17) is 18.9 Å². The molecule has 1 aliphatic rings. The van der Waals surface area contributed by atoms with E-state index in [9.17, 15) is 0 Å². The zero-order valence-corrected chi connectivity index (χ0v) is 17.2. The molecule has 29 heavy (non-hydrogen) atoms. The normalized spacial score (nSPS) is 13.7. The first kappa shape index (κ1) is 19.1. The van der Waals surface area contributed by atoms with Gasteiger partial charge in [0, 0.05) is 23.6 Å². The summed E-state index contributed by atoms with van der Waals surface area (Å²) in [7, 11) is 4.97. The van der Waals surface area contributed by atoms with E-state index in [-0.39, 0.29) is 0 Å². The number of para-hydroxylation sites is 1. The summed E-state index contributed by atoms with van der Waals surface area (Å²) < 4.78 is 24.0. The Morgan fingerprint density at radius 1 is 1.07 bits per heavy atom. The molecule has 1 aliphatic heterocycles. The van der Waals surface area contributed by atoms with Gasteiger partial charge in [0.2, 0.25) is 4.80 Å². The standard InChI is InChI=1S/C21H21N3O4S/c1-22-21-24(23-12-15-5-4-6-18(25-2)20(15)26-3)16(13-29-21)14-7-8-17-19(11-14)28-10-9-27-17/h4-8,11-13H,9-10H2,1-3H3/b22-21?,23-12-. The van der Waals surface area contributed by atoms with E-state index in [1.165, 1.54) is 11.3 Å². The SMILES string of the molecule is CN=c1scc(-c2ccc3c(c2)OCCO3)n1/N=C\c1cccc(OC)c1OC. The maximum Gasteiger partial charge on any atom is 0.205 e. The van der Waals surface area contributed by atoms with Crippen LogP contribution in [0.1, 0.15) is 5.56 Å². The van der Waals surface area contributed by atoms with Crippen molar-refractivity contribution in [2.75, 3.05) is 34.5 Å². The van der Waals surface area contributed by atoms with Gasteiger partial charge >= 0.3 is 0 Å². The zero-order chi connectivity index (χ0) is 20.2. The summed E-state index contributed by atoms with van der Waals surface area (Å²) in [6, 6.07) is 11.5. The van der Waals surface area contributed by atoms with E-state index in [0.717, 1.165) is 33.1 Å². The third-order valence-electron chi connectivity index (χ3n) is 4.46. The van der Waals surface area contributed by atoms with E-state index in [1.54, 1.807) is 32.2 Å². The first-order valence-electron chi connectivity index (χ1n) is 9.04. The van der Waals surface area contributed by atoms with Crippen LogP contribution in [0.5, 0.6) is 23.0 Å². The lowest BCUT2D eigenvalue weighted by Crippen LogP contribution is -2.15. The molecule has 8 heteroatoms. The lowest BCUT2D eigenvalue weighted by Gasteiger charge is -2.18. The minimum absolute atomic E-state index is 0.545. The van der Waals surface area contributed by atoms with Gasteiger partial charge in [-0.05, 0) is 30.3 Å². The van der Waals surface area contributed by atoms with Crippen LogP contribution in [0.2, 0.25) is 0 Å². The predicted octanol–water partition coefficient (Wildman–Crippen LogP) is 3.42. The lowest BCUT2D eigenvalue weighted by atomic mass is 10.1. The van der Waals surface area contributed by atoms with Crippen LogP contribution in [0.4, 0.5) is 0 Å². The van der Waals surface area contributed by atoms with Gasteiger partial charge in [0.25, 0.3) is 0 Å². The minimum atomic E-state index is 0.545. The average Bonchev–Trinajstić information content (AvgIpc) is 3.19. The number of fused-ring (bicyclic) bond motifs is 1. The highest BCUT2D eigenvalue weighted by Crippen LogP contribution is 2.35. The van der Waals surface area contributed by atoms with Gasteiger partial charge in [-0.15, -0.1) is 11.3 Å². The summed E-state index contributed by atoms with van der Waals surface area (Å²) in [5.41, 5.74) is 2.68. The molecule has 0 fully saturated rings. The molecule has 150 valence electrons. The van der Waals surface area contributed by atoms with E-state index in [1.807, 2.05) is 41.8 Å². The number of hydrogen-bond donors (Lipinski definition) is 0. The highest BCUT2D eigenvalue weighted by atomic mass is 32.1. The van der Waals surface area contributed by atoms with Crippen molar-refractivity contribution in [1.82, 2.24) is 4.68 Å². The molecular formula is C21H21N3O4S. The molecule has 7 nitrogen and oxygen atoms in total. The molecular weight excluding hydrogens is 390 g/mol. The van der Waals surface area contributed by atoms with Gasteiger partial charge in [0.05, 0.1) is 26.1 Å². The number of methoxy groups -OCH3 is 2. The Balaban J connectivity index is 1.76. The second-order valence-electron chi connectivity index (χ2n) is 6.12. The molecule has 0 N–H and O–H groups in total. The van der Waals surface area contributed by atoms with Gasteiger partial charge in [-0.3, -0.25) is 4.99 Å². The van der Waals surface area contributed by atoms with Crippen LogP contribution >= 0.6 is 11.3 Å². The molecule has 1 aromatic heterocycles. The molecule has 4 rings (SSSR count). The fraction of sp³-hybridized carbons (Fsp3) is 0.238. The number of hydrogen-bond acceptors (Lipinski definition) is 7. The second-order valence-corrected chi connectivity index (χ2v) is 6.96. The van der Waals surface area contributed by atoms with Crippen LogP contribution < -0.4 is 23.7 Å². The molecule has 0 amide bonds. The van der Waals surface area contributed by atoms with E-state index >= 15 is 0 Å². The van der Waals surface area contributed by atoms with Gasteiger partial charge < -0.3 is 18.9 Å². The number of nitrogens with zero attached hydrogens (tertiary/aromatic N) is 3. The van der Waals surface area contributed by atoms with Crippen LogP contribution in [-0.4, -0.2) is 45.4 Å². The number of rotatable bonds is 5. The summed E-state index contributed by atoms with van der Waals surface area (Å²) >= 11 is 1.52. The smallest absolute Gasteiger partial charge is 0.205 e. The van der Waals surface area contributed by atoms with Crippen molar-refractivity contribution in [3.05, 3.63) is 52.1 Å². The number of benzene rings is 2. The Labute approximate surface area is 172 Å². The molecule has 0 unspecified atom stereocenters. The summed E-state index contributed by atoms with van der Waals surface area (Å²) in [5.74, 6) is 2.77. The van der Waals surface area contributed by atoms with Crippen LogP contribution in [0.3, 0.4) is 0 Å². The maximum absolute atomic E-state index is 5.72. The summed E-state index contributed by atoms with van der Waals surface area (Å²) in [4.78, 5) is 5.12. The second kappa shape index (κ2) is 8.40. The Morgan fingerprint density at radius 2 is 1.90 bits per heavy atom. The fourth-order valence-electron chi connectivity index (χ4n) is 3.10. The van der Waals surface area contributed by atoms with Gasteiger partial charge in [0.1, 0.15) is 13.2 Å². The topological polar surface area (TPSA) is 66.6 Å². The third-order valence-corrected chi connectivity index (χ3v) is 5.37. The van der Waals surface area contributed by atoms with Gasteiger partial charge in [-0.25, -0.2) is 4.68 Å². The first-order chi connectivity index (χ1) is 14.2. The molecule has 0 saturated carbocycles. The van der Waals surface area contributed by atoms with Crippen LogP contribution in [0.15, 0.2) is 51.9 Å². The number of thiazole rings is 1. The van der Waals surface area contributed by atoms with Crippen molar-refractivity contribution in [1.29, 1.82) is 0 Å². The first-order valence-corrected chi connectivity index (χ1v) is 9.92. The number of ether oxygens (including phenoxy) is 4. The van der Waals surface area contributed by atoms with Crippen LogP contribution in [0.25, 0.3) is 11.3 Å². The van der Waals surface area contributed by atoms with Crippen LogP contribution in [0, 0.1) is 0 Å². The molecule has 2 aromatic carbocycles. The zero-order valence-electron chi connectivity index (χ0n) is 16.4. The van der Waals surface area contributed by atoms with Gasteiger partial charge in [0.15, 0.2) is 23.0 Å². The Kier molecular flexibility index (Phi) is 5.53. The maximum atomic E-state index is 5.72. The number of aromatic nitrogens is 1. The molecule has 3 aromatic rings. The predicted molar refractivity (Wildman–Crippen MR) is 113 cm³/mol. The third kappa shape index (κ3) is 3.71. The van der Waals surface area contributed by atoms with Gasteiger partial charge in [-0.1, -0.05) is 6.07 Å². The summed E-state index contributed by atoms with van der Waals surface area (Å²) in [6.07, 6.45) is 1.74.